The first kappa shape index (κ1) is 23.4. The number of hydrogen-bond donors (Lipinski definition) is 1. The van der Waals surface area contributed by atoms with Crippen LogP contribution in [0.1, 0.15) is 20.3 Å². The molecule has 0 bridgehead atoms. The summed E-state index contributed by atoms with van der Waals surface area (Å²) in [6.45, 7) is 4.01. The monoisotopic (exact) mass is 466 g/mol. The Labute approximate surface area is 195 Å². The highest BCUT2D eigenvalue weighted by molar-refractivity contribution is 5.72. The lowest BCUT2D eigenvalue weighted by Crippen LogP contribution is -2.40. The zero-order valence-corrected chi connectivity index (χ0v) is 19.4. The van der Waals surface area contributed by atoms with E-state index >= 15 is 0 Å². The molecule has 1 aromatic carbocycles. The molecule has 3 aromatic rings. The second-order valence-electron chi connectivity index (χ2n) is 8.74. The van der Waals surface area contributed by atoms with Crippen molar-refractivity contribution in [1.82, 2.24) is 18.7 Å². The molecule has 178 valence electrons. The van der Waals surface area contributed by atoms with Gasteiger partial charge < -0.3 is 9.84 Å². The molecule has 0 spiro atoms. The quantitative estimate of drug-likeness (QED) is 0.576. The van der Waals surface area contributed by atoms with Crippen molar-refractivity contribution in [2.75, 3.05) is 6.61 Å². The Hall–Kier alpha value is -3.72. The summed E-state index contributed by atoms with van der Waals surface area (Å²) in [7, 11) is 1.54. The number of ether oxygens (including phenoxy) is 1. The lowest BCUT2D eigenvalue weighted by atomic mass is 9.84. The predicted molar refractivity (Wildman–Crippen MR) is 128 cm³/mol. The zero-order valence-electron chi connectivity index (χ0n) is 19.4. The topological polar surface area (TPSA) is 91.3 Å². The number of rotatable bonds is 7. The summed E-state index contributed by atoms with van der Waals surface area (Å²) < 4.78 is 24.0. The van der Waals surface area contributed by atoms with E-state index in [-0.39, 0.29) is 49.1 Å². The minimum absolute atomic E-state index is 0.0723. The molecule has 0 radical (unpaired) electrons. The number of aliphatic hydroxyl groups is 1. The van der Waals surface area contributed by atoms with Gasteiger partial charge in [0.1, 0.15) is 11.6 Å². The number of nitrogens with zero attached hydrogens (tertiary/aromatic N) is 4. The van der Waals surface area contributed by atoms with E-state index in [1.165, 1.54) is 16.7 Å². The number of aromatic nitrogens is 4. The van der Waals surface area contributed by atoms with Gasteiger partial charge in [0.15, 0.2) is 11.2 Å². The van der Waals surface area contributed by atoms with Gasteiger partial charge in [0.05, 0.1) is 6.54 Å². The smallest absolute Gasteiger partial charge is 0.332 e. The van der Waals surface area contributed by atoms with Gasteiger partial charge in [-0.2, -0.15) is 4.98 Å². The molecule has 1 aliphatic rings. The summed E-state index contributed by atoms with van der Waals surface area (Å²) in [5.74, 6) is 0.151. The van der Waals surface area contributed by atoms with Crippen molar-refractivity contribution in [1.29, 1.82) is 0 Å². The van der Waals surface area contributed by atoms with Crippen LogP contribution in [0.15, 0.2) is 75.6 Å². The average Bonchev–Trinajstić information content (AvgIpc) is 3.11. The van der Waals surface area contributed by atoms with E-state index in [1.807, 2.05) is 32.0 Å². The van der Waals surface area contributed by atoms with Gasteiger partial charge in [-0.3, -0.25) is 18.5 Å². The number of para-hydroxylation sites is 1. The van der Waals surface area contributed by atoms with Gasteiger partial charge in [-0.25, -0.2) is 9.18 Å². The Balaban J connectivity index is 1.95. The van der Waals surface area contributed by atoms with E-state index in [2.05, 4.69) is 4.98 Å². The van der Waals surface area contributed by atoms with Crippen LogP contribution >= 0.6 is 0 Å². The minimum Gasteiger partial charge on any atom is -0.425 e. The molecule has 2 aromatic heterocycles. The highest BCUT2D eigenvalue weighted by Crippen LogP contribution is 2.34. The summed E-state index contributed by atoms with van der Waals surface area (Å²) in [5, 5.41) is 9.23. The molecule has 0 aliphatic heterocycles. The SMILES string of the molecule is Cn1c(=O)n(CCCO)c(=O)c2c1nc(Oc1ccccc1)n2CC1=CC=C(F)C=CC1(C)C. The van der Waals surface area contributed by atoms with Crippen LogP contribution in [-0.4, -0.2) is 30.4 Å². The second-order valence-corrected chi connectivity index (χ2v) is 8.74. The third kappa shape index (κ3) is 4.38. The molecule has 8 nitrogen and oxygen atoms in total. The number of halogens is 1. The number of hydrogen-bond acceptors (Lipinski definition) is 5. The summed E-state index contributed by atoms with van der Waals surface area (Å²) in [4.78, 5) is 30.8. The summed E-state index contributed by atoms with van der Waals surface area (Å²) in [5.41, 5.74) is -0.355. The van der Waals surface area contributed by atoms with E-state index in [4.69, 9.17) is 4.74 Å². The minimum atomic E-state index is -0.524. The Morgan fingerprint density at radius 2 is 1.85 bits per heavy atom. The van der Waals surface area contributed by atoms with Crippen LogP contribution in [0.2, 0.25) is 0 Å². The number of aryl methyl sites for hydroxylation is 1. The number of imidazole rings is 1. The largest absolute Gasteiger partial charge is 0.425 e. The van der Waals surface area contributed by atoms with E-state index in [0.29, 0.717) is 5.75 Å². The maximum absolute atomic E-state index is 14.0. The van der Waals surface area contributed by atoms with Crippen LogP contribution in [-0.2, 0) is 20.1 Å². The molecule has 0 fully saturated rings. The summed E-state index contributed by atoms with van der Waals surface area (Å²) in [6, 6.07) is 9.15. The number of fused-ring (bicyclic) bond motifs is 1. The lowest BCUT2D eigenvalue weighted by molar-refractivity contribution is 0.277. The van der Waals surface area contributed by atoms with Crippen LogP contribution in [0.4, 0.5) is 4.39 Å². The van der Waals surface area contributed by atoms with Crippen molar-refractivity contribution in [2.45, 2.75) is 33.4 Å². The highest BCUT2D eigenvalue weighted by Gasteiger charge is 2.27. The van der Waals surface area contributed by atoms with Gasteiger partial charge in [-0.1, -0.05) is 44.2 Å². The van der Waals surface area contributed by atoms with Gasteiger partial charge in [0.25, 0.3) is 5.56 Å². The number of benzene rings is 1. The van der Waals surface area contributed by atoms with Crippen LogP contribution in [0.3, 0.4) is 0 Å². The highest BCUT2D eigenvalue weighted by atomic mass is 19.1. The van der Waals surface area contributed by atoms with Gasteiger partial charge in [0.2, 0.25) is 0 Å². The van der Waals surface area contributed by atoms with Gasteiger partial charge in [-0.05, 0) is 36.3 Å². The maximum Gasteiger partial charge on any atom is 0.332 e. The second kappa shape index (κ2) is 9.26. The van der Waals surface area contributed by atoms with Crippen LogP contribution in [0, 0.1) is 5.41 Å². The molecule has 4 rings (SSSR count). The fraction of sp³-hybridized carbons (Fsp3) is 0.320. The number of aliphatic hydroxyl groups excluding tert-OH is 1. The maximum atomic E-state index is 14.0. The van der Waals surface area contributed by atoms with Crippen molar-refractivity contribution in [3.8, 4) is 11.8 Å². The van der Waals surface area contributed by atoms with Crippen molar-refractivity contribution >= 4 is 11.2 Å². The molecule has 0 saturated carbocycles. The normalized spacial score (nSPS) is 15.2. The van der Waals surface area contributed by atoms with Gasteiger partial charge in [-0.15, -0.1) is 0 Å². The standard InChI is InChI=1S/C25H27FN4O4/c1-25(2)13-12-18(26)11-10-17(25)16-30-20-21(27-23(30)34-19-8-5-4-6-9-19)28(3)24(33)29(22(20)32)14-7-15-31/h4-6,8-13,31H,7,14-16H2,1-3H3. The van der Waals surface area contributed by atoms with Crippen molar-refractivity contribution in [3.05, 3.63) is 86.9 Å². The Morgan fingerprint density at radius 1 is 1.12 bits per heavy atom. The van der Waals surface area contributed by atoms with E-state index in [1.54, 1.807) is 35.9 Å². The zero-order chi connectivity index (χ0) is 24.5. The molecule has 0 saturated heterocycles. The third-order valence-corrected chi connectivity index (χ3v) is 5.95. The van der Waals surface area contributed by atoms with Gasteiger partial charge >= 0.3 is 11.7 Å². The van der Waals surface area contributed by atoms with Gasteiger partial charge in [0, 0.05) is 25.6 Å². The van der Waals surface area contributed by atoms with E-state index in [0.717, 1.165) is 10.1 Å². The molecule has 1 N–H and O–H groups in total. The molecule has 34 heavy (non-hydrogen) atoms. The van der Waals surface area contributed by atoms with Crippen LogP contribution in [0.5, 0.6) is 11.8 Å². The molecule has 1 aliphatic carbocycles. The van der Waals surface area contributed by atoms with E-state index in [9.17, 15) is 19.1 Å². The van der Waals surface area contributed by atoms with E-state index < -0.39 is 16.7 Å². The Bertz CT molecular complexity index is 1430. The molecule has 0 atom stereocenters. The molecular weight excluding hydrogens is 439 g/mol. The molecular formula is C25H27FN4O4. The first-order valence-corrected chi connectivity index (χ1v) is 11.0. The van der Waals surface area contributed by atoms with Crippen LogP contribution < -0.4 is 16.0 Å². The molecule has 9 heteroatoms. The predicted octanol–water partition coefficient (Wildman–Crippen LogP) is 3.45. The average molecular weight is 467 g/mol. The van der Waals surface area contributed by atoms with Crippen molar-refractivity contribution in [2.24, 2.45) is 12.5 Å². The van der Waals surface area contributed by atoms with Crippen LogP contribution in [0.25, 0.3) is 11.2 Å². The fourth-order valence-corrected chi connectivity index (χ4v) is 3.87. The Kier molecular flexibility index (Phi) is 6.39. The summed E-state index contributed by atoms with van der Waals surface area (Å²) in [6.07, 6.45) is 6.52. The molecule has 2 heterocycles. The molecule has 0 amide bonds. The lowest BCUT2D eigenvalue weighted by Gasteiger charge is -2.25. The fourth-order valence-electron chi connectivity index (χ4n) is 3.87. The van der Waals surface area contributed by atoms with Crippen molar-refractivity contribution in [3.63, 3.8) is 0 Å². The first-order valence-electron chi connectivity index (χ1n) is 11.0. The Morgan fingerprint density at radius 3 is 2.56 bits per heavy atom. The molecule has 0 unspecified atom stereocenters. The first-order chi connectivity index (χ1) is 16.2. The number of allylic oxidation sites excluding steroid dienone is 6. The van der Waals surface area contributed by atoms with Crippen molar-refractivity contribution < 1.29 is 14.2 Å². The third-order valence-electron chi connectivity index (χ3n) is 5.95. The summed E-state index contributed by atoms with van der Waals surface area (Å²) >= 11 is 0.